The van der Waals surface area contributed by atoms with Crippen LogP contribution in [-0.4, -0.2) is 62.1 Å². The maximum atomic E-state index is 12.5. The first-order valence-electron chi connectivity index (χ1n) is 8.62. The molecule has 0 spiro atoms. The molecule has 0 saturated carbocycles. The van der Waals surface area contributed by atoms with E-state index < -0.39 is 6.04 Å². The standard InChI is InChI=1S/C18H26ClN3O3/c1-13(2)16(21-17(23)14-5-3-4-6-15(14)19)18(24)20-7-8-22-9-11-25-12-10-22/h3-6,13,16H,7-12H2,1-2H3,(H,20,24)(H,21,23). The Labute approximate surface area is 153 Å². The summed E-state index contributed by atoms with van der Waals surface area (Å²) in [5, 5.41) is 6.08. The van der Waals surface area contributed by atoms with E-state index in [1.165, 1.54) is 0 Å². The normalized spacial score (nSPS) is 16.5. The average Bonchev–Trinajstić information content (AvgIpc) is 2.60. The van der Waals surface area contributed by atoms with E-state index in [4.69, 9.17) is 16.3 Å². The van der Waals surface area contributed by atoms with Crippen LogP contribution in [0.3, 0.4) is 0 Å². The maximum Gasteiger partial charge on any atom is 0.253 e. The van der Waals surface area contributed by atoms with Crippen molar-refractivity contribution in [1.29, 1.82) is 0 Å². The summed E-state index contributed by atoms with van der Waals surface area (Å²) < 4.78 is 5.30. The summed E-state index contributed by atoms with van der Waals surface area (Å²) in [6, 6.07) is 6.20. The predicted octanol–water partition coefficient (Wildman–Crippen LogP) is 1.54. The van der Waals surface area contributed by atoms with Crippen molar-refractivity contribution in [3.63, 3.8) is 0 Å². The first-order valence-corrected chi connectivity index (χ1v) is 9.00. The van der Waals surface area contributed by atoms with E-state index in [0.717, 1.165) is 32.8 Å². The molecule has 1 atom stereocenters. The number of benzene rings is 1. The molecule has 7 heteroatoms. The molecule has 2 amide bonds. The SMILES string of the molecule is CC(C)C(NC(=O)c1ccccc1Cl)C(=O)NCCN1CCOCC1. The molecule has 2 rings (SSSR count). The van der Waals surface area contributed by atoms with E-state index in [1.807, 2.05) is 13.8 Å². The molecule has 0 bridgehead atoms. The maximum absolute atomic E-state index is 12.5. The van der Waals surface area contributed by atoms with Crippen molar-refractivity contribution in [2.75, 3.05) is 39.4 Å². The Morgan fingerprint density at radius 1 is 1.24 bits per heavy atom. The van der Waals surface area contributed by atoms with Crippen molar-refractivity contribution in [2.24, 2.45) is 5.92 Å². The van der Waals surface area contributed by atoms with Crippen molar-refractivity contribution in [2.45, 2.75) is 19.9 Å². The number of rotatable bonds is 7. The minimum atomic E-state index is -0.603. The molecule has 25 heavy (non-hydrogen) atoms. The van der Waals surface area contributed by atoms with Gasteiger partial charge < -0.3 is 15.4 Å². The van der Waals surface area contributed by atoms with Crippen LogP contribution in [0.4, 0.5) is 0 Å². The van der Waals surface area contributed by atoms with Crippen molar-refractivity contribution in [3.8, 4) is 0 Å². The van der Waals surface area contributed by atoms with Crippen molar-refractivity contribution in [1.82, 2.24) is 15.5 Å². The summed E-state index contributed by atoms with van der Waals surface area (Å²) >= 11 is 6.05. The highest BCUT2D eigenvalue weighted by molar-refractivity contribution is 6.33. The van der Waals surface area contributed by atoms with Gasteiger partial charge in [-0.05, 0) is 18.1 Å². The third-order valence-electron chi connectivity index (χ3n) is 4.19. The smallest absolute Gasteiger partial charge is 0.253 e. The molecule has 1 unspecified atom stereocenters. The Balaban J connectivity index is 1.87. The molecule has 138 valence electrons. The molecule has 1 fully saturated rings. The van der Waals surface area contributed by atoms with E-state index in [1.54, 1.807) is 24.3 Å². The van der Waals surface area contributed by atoms with Gasteiger partial charge in [0.2, 0.25) is 5.91 Å². The number of hydrogen-bond donors (Lipinski definition) is 2. The van der Waals surface area contributed by atoms with E-state index in [0.29, 0.717) is 17.1 Å². The summed E-state index contributed by atoms with van der Waals surface area (Å²) in [6.07, 6.45) is 0. The molecule has 1 aromatic rings. The zero-order chi connectivity index (χ0) is 18.2. The van der Waals surface area contributed by atoms with Crippen LogP contribution in [0.15, 0.2) is 24.3 Å². The molecule has 0 radical (unpaired) electrons. The summed E-state index contributed by atoms with van der Waals surface area (Å²) in [7, 11) is 0. The Morgan fingerprint density at radius 3 is 2.56 bits per heavy atom. The third kappa shape index (κ3) is 5.99. The van der Waals surface area contributed by atoms with Crippen LogP contribution in [0.2, 0.25) is 5.02 Å². The molecule has 1 saturated heterocycles. The van der Waals surface area contributed by atoms with Crippen LogP contribution in [-0.2, 0) is 9.53 Å². The highest BCUT2D eigenvalue weighted by atomic mass is 35.5. The fraction of sp³-hybridized carbons (Fsp3) is 0.556. The lowest BCUT2D eigenvalue weighted by Gasteiger charge is -2.27. The van der Waals surface area contributed by atoms with Crippen LogP contribution in [0, 0.1) is 5.92 Å². The molecule has 2 N–H and O–H groups in total. The molecule has 0 aliphatic carbocycles. The quantitative estimate of drug-likeness (QED) is 0.767. The van der Waals surface area contributed by atoms with Gasteiger partial charge in [0.25, 0.3) is 5.91 Å². The lowest BCUT2D eigenvalue weighted by Crippen LogP contribution is -2.51. The van der Waals surface area contributed by atoms with Gasteiger partial charge in [-0.3, -0.25) is 14.5 Å². The second-order valence-electron chi connectivity index (χ2n) is 6.42. The van der Waals surface area contributed by atoms with Crippen LogP contribution < -0.4 is 10.6 Å². The zero-order valence-corrected chi connectivity index (χ0v) is 15.5. The first-order chi connectivity index (χ1) is 12.0. The Bertz CT molecular complexity index is 589. The second kappa shape index (κ2) is 9.75. The fourth-order valence-electron chi connectivity index (χ4n) is 2.67. The highest BCUT2D eigenvalue weighted by Gasteiger charge is 2.25. The minimum absolute atomic E-state index is 0.0326. The molecule has 0 aromatic heterocycles. The van der Waals surface area contributed by atoms with Crippen LogP contribution >= 0.6 is 11.6 Å². The summed E-state index contributed by atoms with van der Waals surface area (Å²) in [5.41, 5.74) is 0.371. The molecular formula is C18H26ClN3O3. The average molecular weight is 368 g/mol. The van der Waals surface area contributed by atoms with Gasteiger partial charge in [-0.1, -0.05) is 37.6 Å². The number of halogens is 1. The monoisotopic (exact) mass is 367 g/mol. The largest absolute Gasteiger partial charge is 0.379 e. The number of carbonyl (C=O) groups excluding carboxylic acids is 2. The first kappa shape index (κ1) is 19.7. The van der Waals surface area contributed by atoms with Gasteiger partial charge in [-0.25, -0.2) is 0 Å². The van der Waals surface area contributed by atoms with Crippen molar-refractivity contribution >= 4 is 23.4 Å². The van der Waals surface area contributed by atoms with Crippen molar-refractivity contribution in [3.05, 3.63) is 34.9 Å². The summed E-state index contributed by atoms with van der Waals surface area (Å²) in [5.74, 6) is -0.550. The topological polar surface area (TPSA) is 70.7 Å². The van der Waals surface area contributed by atoms with Crippen molar-refractivity contribution < 1.29 is 14.3 Å². The van der Waals surface area contributed by atoms with Crippen LogP contribution in [0.5, 0.6) is 0 Å². The van der Waals surface area contributed by atoms with Gasteiger partial charge >= 0.3 is 0 Å². The van der Waals surface area contributed by atoms with Gasteiger partial charge in [0.15, 0.2) is 0 Å². The molecular weight excluding hydrogens is 342 g/mol. The number of hydrogen-bond acceptors (Lipinski definition) is 4. The molecule has 1 aliphatic rings. The third-order valence-corrected chi connectivity index (χ3v) is 4.51. The second-order valence-corrected chi connectivity index (χ2v) is 6.83. The Morgan fingerprint density at radius 2 is 1.92 bits per heavy atom. The number of nitrogens with one attached hydrogen (secondary N) is 2. The van der Waals surface area contributed by atoms with E-state index in [-0.39, 0.29) is 17.7 Å². The van der Waals surface area contributed by atoms with Crippen LogP contribution in [0.1, 0.15) is 24.2 Å². The van der Waals surface area contributed by atoms with Gasteiger partial charge in [0.05, 0.1) is 23.8 Å². The molecule has 1 heterocycles. The highest BCUT2D eigenvalue weighted by Crippen LogP contribution is 2.15. The van der Waals surface area contributed by atoms with Crippen LogP contribution in [0.25, 0.3) is 0 Å². The van der Waals surface area contributed by atoms with Gasteiger partial charge in [0, 0.05) is 26.2 Å². The molecule has 1 aromatic carbocycles. The van der Waals surface area contributed by atoms with Gasteiger partial charge in [-0.15, -0.1) is 0 Å². The van der Waals surface area contributed by atoms with E-state index >= 15 is 0 Å². The fourth-order valence-corrected chi connectivity index (χ4v) is 2.89. The van der Waals surface area contributed by atoms with E-state index in [9.17, 15) is 9.59 Å². The summed E-state index contributed by atoms with van der Waals surface area (Å²) in [4.78, 5) is 27.1. The number of morpholine rings is 1. The Hall–Kier alpha value is -1.63. The lowest BCUT2D eigenvalue weighted by molar-refractivity contribution is -0.124. The van der Waals surface area contributed by atoms with Gasteiger partial charge in [-0.2, -0.15) is 0 Å². The van der Waals surface area contributed by atoms with Gasteiger partial charge in [0.1, 0.15) is 6.04 Å². The minimum Gasteiger partial charge on any atom is -0.379 e. The zero-order valence-electron chi connectivity index (χ0n) is 14.8. The lowest BCUT2D eigenvalue weighted by atomic mass is 10.0. The number of carbonyl (C=O) groups is 2. The summed E-state index contributed by atoms with van der Waals surface area (Å²) in [6.45, 7) is 8.35. The number of amides is 2. The predicted molar refractivity (Wildman–Crippen MR) is 97.8 cm³/mol. The Kier molecular flexibility index (Phi) is 7.68. The number of nitrogens with zero attached hydrogens (tertiary/aromatic N) is 1. The number of ether oxygens (including phenoxy) is 1. The van der Waals surface area contributed by atoms with E-state index in [2.05, 4.69) is 15.5 Å². The molecule has 6 nitrogen and oxygen atoms in total. The molecule has 1 aliphatic heterocycles.